The van der Waals surface area contributed by atoms with Crippen LogP contribution in [-0.4, -0.2) is 42.9 Å². The molecule has 0 atom stereocenters. The zero-order valence-corrected chi connectivity index (χ0v) is 13.0. The third-order valence-corrected chi connectivity index (χ3v) is 4.12. The monoisotopic (exact) mass is 290 g/mol. The fourth-order valence-electron chi connectivity index (χ4n) is 2.88. The van der Waals surface area contributed by atoms with Gasteiger partial charge in [0.25, 0.3) is 5.56 Å². The highest BCUT2D eigenvalue weighted by atomic mass is 16.3. The van der Waals surface area contributed by atoms with Gasteiger partial charge < -0.3 is 5.11 Å². The van der Waals surface area contributed by atoms with Crippen molar-refractivity contribution in [2.45, 2.75) is 38.8 Å². The molecule has 0 aliphatic carbocycles. The highest BCUT2D eigenvalue weighted by Gasteiger charge is 2.36. The summed E-state index contributed by atoms with van der Waals surface area (Å²) in [5.74, 6) is 1.08. The van der Waals surface area contributed by atoms with Gasteiger partial charge in [-0.2, -0.15) is 5.10 Å². The summed E-state index contributed by atoms with van der Waals surface area (Å²) < 4.78 is 3.29. The molecule has 6 nitrogen and oxygen atoms in total. The highest BCUT2D eigenvalue weighted by Crippen LogP contribution is 2.21. The van der Waals surface area contributed by atoms with Crippen molar-refractivity contribution in [3.05, 3.63) is 34.0 Å². The number of rotatable bonds is 3. The van der Waals surface area contributed by atoms with Gasteiger partial charge in [0, 0.05) is 26.3 Å². The van der Waals surface area contributed by atoms with Crippen molar-refractivity contribution in [3.8, 4) is 0 Å². The Labute approximate surface area is 123 Å². The van der Waals surface area contributed by atoms with Crippen molar-refractivity contribution in [1.29, 1.82) is 0 Å². The molecule has 0 bridgehead atoms. The van der Waals surface area contributed by atoms with E-state index in [0.29, 0.717) is 36.9 Å². The second kappa shape index (κ2) is 4.68. The van der Waals surface area contributed by atoms with Crippen molar-refractivity contribution in [1.82, 2.24) is 19.1 Å². The second-order valence-corrected chi connectivity index (χ2v) is 6.68. The van der Waals surface area contributed by atoms with Gasteiger partial charge in [0.15, 0.2) is 0 Å². The van der Waals surface area contributed by atoms with E-state index in [0.717, 1.165) is 5.56 Å². The third-order valence-electron chi connectivity index (χ3n) is 4.12. The van der Waals surface area contributed by atoms with E-state index in [2.05, 4.69) is 23.8 Å². The lowest BCUT2D eigenvalue weighted by molar-refractivity contribution is -0.0885. The number of aromatic nitrogens is 3. The molecule has 1 aliphatic heterocycles. The zero-order chi connectivity index (χ0) is 15.4. The van der Waals surface area contributed by atoms with Crippen LogP contribution in [0.4, 0.5) is 0 Å². The predicted octanol–water partition coefficient (Wildman–Crippen LogP) is 0.723. The smallest absolute Gasteiger partial charge is 0.277 e. The SMILES string of the molecule is CC(C)c1cc2c(=O)n(C)c(CN3CC(C)(O)C3)nn2c1. The molecule has 6 heteroatoms. The molecule has 0 spiro atoms. The molecular formula is C15H22N4O2. The molecule has 21 heavy (non-hydrogen) atoms. The van der Waals surface area contributed by atoms with Crippen molar-refractivity contribution in [2.24, 2.45) is 7.05 Å². The molecule has 1 aliphatic rings. The van der Waals surface area contributed by atoms with Crippen LogP contribution in [0.3, 0.4) is 0 Å². The van der Waals surface area contributed by atoms with Crippen LogP contribution in [0.2, 0.25) is 0 Å². The van der Waals surface area contributed by atoms with Crippen LogP contribution in [0.15, 0.2) is 17.1 Å². The van der Waals surface area contributed by atoms with Crippen LogP contribution < -0.4 is 5.56 Å². The number of fused-ring (bicyclic) bond motifs is 1. The van der Waals surface area contributed by atoms with Gasteiger partial charge in [-0.15, -0.1) is 0 Å². The minimum absolute atomic E-state index is 0.0285. The van der Waals surface area contributed by atoms with Gasteiger partial charge in [0.2, 0.25) is 0 Å². The third kappa shape index (κ3) is 2.49. The van der Waals surface area contributed by atoms with E-state index >= 15 is 0 Å². The van der Waals surface area contributed by atoms with E-state index in [-0.39, 0.29) is 5.56 Å². The maximum absolute atomic E-state index is 12.4. The van der Waals surface area contributed by atoms with Gasteiger partial charge in [-0.1, -0.05) is 13.8 Å². The lowest BCUT2D eigenvalue weighted by atomic mass is 9.97. The first-order chi connectivity index (χ1) is 9.77. The minimum Gasteiger partial charge on any atom is -0.388 e. The minimum atomic E-state index is -0.610. The van der Waals surface area contributed by atoms with Gasteiger partial charge in [0.1, 0.15) is 11.3 Å². The molecule has 114 valence electrons. The number of hydrogen-bond donors (Lipinski definition) is 1. The van der Waals surface area contributed by atoms with Crippen LogP contribution in [0.5, 0.6) is 0 Å². The van der Waals surface area contributed by atoms with Crippen molar-refractivity contribution < 1.29 is 5.11 Å². The summed E-state index contributed by atoms with van der Waals surface area (Å²) in [6, 6.07) is 1.91. The molecule has 3 rings (SSSR count). The van der Waals surface area contributed by atoms with E-state index in [1.165, 1.54) is 0 Å². The molecule has 0 unspecified atom stereocenters. The Hall–Kier alpha value is -1.66. The average Bonchev–Trinajstić information content (AvgIpc) is 2.77. The Morgan fingerprint density at radius 3 is 2.67 bits per heavy atom. The number of likely N-dealkylation sites (tertiary alicyclic amines) is 1. The summed E-state index contributed by atoms with van der Waals surface area (Å²) in [6.45, 7) is 7.82. The van der Waals surface area contributed by atoms with Crippen molar-refractivity contribution in [2.75, 3.05) is 13.1 Å². The fraction of sp³-hybridized carbons (Fsp3) is 0.600. The van der Waals surface area contributed by atoms with Crippen molar-refractivity contribution in [3.63, 3.8) is 0 Å². The van der Waals surface area contributed by atoms with Crippen LogP contribution >= 0.6 is 0 Å². The van der Waals surface area contributed by atoms with Crippen LogP contribution in [0.25, 0.3) is 5.52 Å². The molecular weight excluding hydrogens is 268 g/mol. The van der Waals surface area contributed by atoms with E-state index in [9.17, 15) is 9.90 Å². The van der Waals surface area contributed by atoms with Crippen LogP contribution in [0.1, 0.15) is 38.1 Å². The van der Waals surface area contributed by atoms with Gasteiger partial charge in [0.05, 0.1) is 12.1 Å². The van der Waals surface area contributed by atoms with Crippen LogP contribution in [0, 0.1) is 0 Å². The first kappa shape index (κ1) is 14.3. The number of nitrogens with zero attached hydrogens (tertiary/aromatic N) is 4. The summed E-state index contributed by atoms with van der Waals surface area (Å²) in [7, 11) is 1.75. The number of β-amino-alcohol motifs (C(OH)–C–C–N with tert-alkyl or cyclic N) is 1. The molecule has 2 aromatic rings. The molecule has 0 amide bonds. The Morgan fingerprint density at radius 2 is 2.10 bits per heavy atom. The van der Waals surface area contributed by atoms with Gasteiger partial charge in [-0.25, -0.2) is 4.52 Å². The van der Waals surface area contributed by atoms with Gasteiger partial charge in [-0.05, 0) is 24.5 Å². The second-order valence-electron chi connectivity index (χ2n) is 6.68. The van der Waals surface area contributed by atoms with E-state index < -0.39 is 5.60 Å². The summed E-state index contributed by atoms with van der Waals surface area (Å²) in [6.07, 6.45) is 1.93. The molecule has 1 saturated heterocycles. The molecule has 2 aromatic heterocycles. The fourth-order valence-corrected chi connectivity index (χ4v) is 2.88. The first-order valence-corrected chi connectivity index (χ1v) is 7.30. The van der Waals surface area contributed by atoms with Gasteiger partial charge in [-0.3, -0.25) is 14.3 Å². The molecule has 0 radical (unpaired) electrons. The molecule has 1 fully saturated rings. The molecule has 3 heterocycles. The average molecular weight is 290 g/mol. The van der Waals surface area contributed by atoms with Crippen molar-refractivity contribution >= 4 is 5.52 Å². The van der Waals surface area contributed by atoms with Crippen LogP contribution in [-0.2, 0) is 13.6 Å². The summed E-state index contributed by atoms with van der Waals surface area (Å²) in [5.41, 5.74) is 1.09. The highest BCUT2D eigenvalue weighted by molar-refractivity contribution is 5.48. The first-order valence-electron chi connectivity index (χ1n) is 7.30. The number of aliphatic hydroxyl groups is 1. The zero-order valence-electron chi connectivity index (χ0n) is 13.0. The molecule has 1 N–H and O–H groups in total. The molecule has 0 aromatic carbocycles. The maximum atomic E-state index is 12.4. The lowest BCUT2D eigenvalue weighted by Gasteiger charge is -2.44. The Bertz CT molecular complexity index is 734. The standard InChI is InChI=1S/C15H22N4O2/c1-10(2)11-5-12-14(20)17(4)13(16-19(12)6-11)7-18-8-15(3,21)9-18/h5-6,10,21H,7-9H2,1-4H3. The van der Waals surface area contributed by atoms with E-state index in [1.807, 2.05) is 19.2 Å². The Morgan fingerprint density at radius 1 is 1.43 bits per heavy atom. The maximum Gasteiger partial charge on any atom is 0.277 e. The largest absolute Gasteiger partial charge is 0.388 e. The topological polar surface area (TPSA) is 62.8 Å². The van der Waals surface area contributed by atoms with Gasteiger partial charge >= 0.3 is 0 Å². The summed E-state index contributed by atoms with van der Waals surface area (Å²) in [5, 5.41) is 14.4. The quantitative estimate of drug-likeness (QED) is 0.905. The lowest BCUT2D eigenvalue weighted by Crippen LogP contribution is -2.59. The Balaban J connectivity index is 1.96. The summed E-state index contributed by atoms with van der Waals surface area (Å²) >= 11 is 0. The Kier molecular flexibility index (Phi) is 3.18. The predicted molar refractivity (Wildman–Crippen MR) is 80.4 cm³/mol. The summed E-state index contributed by atoms with van der Waals surface area (Å²) in [4.78, 5) is 14.5. The van der Waals surface area contributed by atoms with E-state index in [1.54, 1.807) is 16.1 Å². The van der Waals surface area contributed by atoms with E-state index in [4.69, 9.17) is 0 Å². The number of hydrogen-bond acceptors (Lipinski definition) is 4. The normalized spacial score (nSPS) is 18.4. The molecule has 0 saturated carbocycles.